The number of nitrogens with one attached hydrogen (secondary N) is 1. The first-order valence-corrected chi connectivity index (χ1v) is 11.3. The number of halogens is 2. The fourth-order valence-corrected chi connectivity index (χ4v) is 4.48. The smallest absolute Gasteiger partial charge is 0.273 e. The van der Waals surface area contributed by atoms with Crippen molar-refractivity contribution in [2.45, 2.75) is 38.3 Å². The monoisotopic (exact) mass is 459 g/mol. The Kier molecular flexibility index (Phi) is 5.54. The van der Waals surface area contributed by atoms with Gasteiger partial charge in [-0.25, -0.2) is 0 Å². The molecule has 8 heteroatoms. The van der Waals surface area contributed by atoms with E-state index >= 15 is 0 Å². The molecule has 1 aliphatic heterocycles. The summed E-state index contributed by atoms with van der Waals surface area (Å²) >= 11 is 12.4. The first-order chi connectivity index (χ1) is 15.0. The maximum absolute atomic E-state index is 12.6. The van der Waals surface area contributed by atoms with Crippen molar-refractivity contribution in [3.63, 3.8) is 0 Å². The van der Waals surface area contributed by atoms with Crippen molar-refractivity contribution in [2.75, 3.05) is 13.1 Å². The van der Waals surface area contributed by atoms with Crippen molar-refractivity contribution in [3.05, 3.63) is 63.7 Å². The van der Waals surface area contributed by atoms with E-state index in [0.29, 0.717) is 39.9 Å². The lowest BCUT2D eigenvalue weighted by atomic mass is 10.1. The van der Waals surface area contributed by atoms with Crippen LogP contribution in [0.4, 0.5) is 0 Å². The van der Waals surface area contributed by atoms with Gasteiger partial charge in [-0.1, -0.05) is 35.3 Å². The van der Waals surface area contributed by atoms with Gasteiger partial charge in [0.2, 0.25) is 0 Å². The fourth-order valence-electron chi connectivity index (χ4n) is 4.10. The molecule has 2 aliphatic rings. The second kappa shape index (κ2) is 8.34. The SMILES string of the molecule is C[C@@H]1CN(Cc2ccc(-c3cc(Cl)ccc3Cl)o2)C[C@H]1NC(=O)c1cc(C2CC2)on1. The molecule has 2 aromatic heterocycles. The number of benzene rings is 1. The Morgan fingerprint density at radius 2 is 2.03 bits per heavy atom. The van der Waals surface area contributed by atoms with Gasteiger partial charge in [-0.05, 0) is 49.1 Å². The van der Waals surface area contributed by atoms with Crippen LogP contribution in [-0.4, -0.2) is 35.1 Å². The number of hydrogen-bond acceptors (Lipinski definition) is 5. The summed E-state index contributed by atoms with van der Waals surface area (Å²) in [6.45, 7) is 4.41. The first-order valence-electron chi connectivity index (χ1n) is 10.5. The van der Waals surface area contributed by atoms with E-state index in [2.05, 4.69) is 22.3 Å². The molecule has 1 aromatic carbocycles. The van der Waals surface area contributed by atoms with Gasteiger partial charge in [0.15, 0.2) is 5.69 Å². The summed E-state index contributed by atoms with van der Waals surface area (Å²) in [7, 11) is 0. The van der Waals surface area contributed by atoms with E-state index in [1.54, 1.807) is 24.3 Å². The highest BCUT2D eigenvalue weighted by atomic mass is 35.5. The predicted molar refractivity (Wildman–Crippen MR) is 118 cm³/mol. The van der Waals surface area contributed by atoms with E-state index in [1.807, 2.05) is 12.1 Å². The third kappa shape index (κ3) is 4.52. The molecule has 6 nitrogen and oxygen atoms in total. The van der Waals surface area contributed by atoms with Gasteiger partial charge < -0.3 is 14.3 Å². The van der Waals surface area contributed by atoms with Crippen LogP contribution in [0, 0.1) is 5.92 Å². The molecule has 3 aromatic rings. The van der Waals surface area contributed by atoms with Crippen LogP contribution < -0.4 is 5.32 Å². The van der Waals surface area contributed by atoms with Crippen LogP contribution in [0.5, 0.6) is 0 Å². The number of likely N-dealkylation sites (tertiary alicyclic amines) is 1. The lowest BCUT2D eigenvalue weighted by molar-refractivity contribution is 0.0922. The molecule has 162 valence electrons. The number of nitrogens with zero attached hydrogens (tertiary/aromatic N) is 2. The van der Waals surface area contributed by atoms with Crippen LogP contribution in [0.2, 0.25) is 10.0 Å². The number of aromatic nitrogens is 1. The van der Waals surface area contributed by atoms with E-state index in [9.17, 15) is 4.79 Å². The molecule has 31 heavy (non-hydrogen) atoms. The van der Waals surface area contributed by atoms with Gasteiger partial charge in [0.05, 0.1) is 11.6 Å². The summed E-state index contributed by atoms with van der Waals surface area (Å²) in [5.74, 6) is 2.93. The zero-order valence-electron chi connectivity index (χ0n) is 17.1. The van der Waals surface area contributed by atoms with Crippen molar-refractivity contribution >= 4 is 29.1 Å². The minimum Gasteiger partial charge on any atom is -0.460 e. The van der Waals surface area contributed by atoms with E-state index < -0.39 is 0 Å². The van der Waals surface area contributed by atoms with Gasteiger partial charge in [-0.15, -0.1) is 0 Å². The van der Waals surface area contributed by atoms with Crippen LogP contribution in [0.25, 0.3) is 11.3 Å². The molecular formula is C23H23Cl2N3O3. The third-order valence-electron chi connectivity index (χ3n) is 5.98. The molecule has 1 aliphatic carbocycles. The van der Waals surface area contributed by atoms with Crippen molar-refractivity contribution in [1.82, 2.24) is 15.4 Å². The summed E-state index contributed by atoms with van der Waals surface area (Å²) in [6, 6.07) is 11.0. The summed E-state index contributed by atoms with van der Waals surface area (Å²) < 4.78 is 11.3. The molecule has 1 N–H and O–H groups in total. The quantitative estimate of drug-likeness (QED) is 0.536. The summed E-state index contributed by atoms with van der Waals surface area (Å²) in [5, 5.41) is 8.26. The Hall–Kier alpha value is -2.28. The number of amides is 1. The van der Waals surface area contributed by atoms with E-state index in [4.69, 9.17) is 32.1 Å². The second-order valence-electron chi connectivity index (χ2n) is 8.53. The third-order valence-corrected chi connectivity index (χ3v) is 6.54. The molecule has 1 amide bonds. The molecule has 0 bridgehead atoms. The zero-order chi connectivity index (χ0) is 21.5. The lowest BCUT2D eigenvalue weighted by Crippen LogP contribution is -2.39. The fraction of sp³-hybridized carbons (Fsp3) is 0.391. The number of carbonyl (C=O) groups is 1. The van der Waals surface area contributed by atoms with Crippen LogP contribution in [0.3, 0.4) is 0 Å². The molecule has 0 radical (unpaired) electrons. The van der Waals surface area contributed by atoms with Crippen LogP contribution in [0.15, 0.2) is 45.3 Å². The van der Waals surface area contributed by atoms with E-state index in [1.165, 1.54) is 0 Å². The van der Waals surface area contributed by atoms with Gasteiger partial charge in [0.25, 0.3) is 5.91 Å². The largest absolute Gasteiger partial charge is 0.460 e. The second-order valence-corrected chi connectivity index (χ2v) is 9.37. The number of hydrogen-bond donors (Lipinski definition) is 1. The highest BCUT2D eigenvalue weighted by Gasteiger charge is 2.33. The molecule has 0 spiro atoms. The van der Waals surface area contributed by atoms with Crippen LogP contribution in [0.1, 0.15) is 47.7 Å². The van der Waals surface area contributed by atoms with Crippen molar-refractivity contribution in [1.29, 1.82) is 0 Å². The average molecular weight is 460 g/mol. The van der Waals surface area contributed by atoms with E-state index in [-0.39, 0.29) is 11.9 Å². The molecule has 2 fully saturated rings. The molecule has 1 saturated heterocycles. The molecule has 0 unspecified atom stereocenters. The van der Waals surface area contributed by atoms with Gasteiger partial charge in [-0.2, -0.15) is 0 Å². The van der Waals surface area contributed by atoms with Crippen LogP contribution >= 0.6 is 23.2 Å². The maximum atomic E-state index is 12.6. The van der Waals surface area contributed by atoms with Crippen LogP contribution in [-0.2, 0) is 6.54 Å². The summed E-state index contributed by atoms with van der Waals surface area (Å²) in [4.78, 5) is 14.9. The predicted octanol–water partition coefficient (Wildman–Crippen LogP) is 5.37. The standard InChI is InChI=1S/C23H23Cl2N3O3/c1-13-10-28(11-16-5-7-21(30-16)17-8-15(24)4-6-18(17)25)12-20(13)26-23(29)19-9-22(31-27-19)14-2-3-14/h4-9,13-14,20H,2-3,10-12H2,1H3,(H,26,29)/t13-,20-/m1/s1. The summed E-state index contributed by atoms with van der Waals surface area (Å²) in [6.07, 6.45) is 2.23. The Balaban J connectivity index is 1.20. The first kappa shape index (κ1) is 20.6. The Morgan fingerprint density at radius 1 is 1.19 bits per heavy atom. The van der Waals surface area contributed by atoms with Gasteiger partial charge in [-0.3, -0.25) is 9.69 Å². The number of rotatable bonds is 6. The maximum Gasteiger partial charge on any atom is 0.273 e. The normalized spacial score (nSPS) is 21.5. The molecule has 3 heterocycles. The topological polar surface area (TPSA) is 71.5 Å². The molecule has 5 rings (SSSR count). The zero-order valence-corrected chi connectivity index (χ0v) is 18.6. The van der Waals surface area contributed by atoms with Crippen molar-refractivity contribution in [3.8, 4) is 11.3 Å². The van der Waals surface area contributed by atoms with E-state index in [0.717, 1.165) is 43.0 Å². The molecule has 2 atom stereocenters. The average Bonchev–Trinajstić information content (AvgIpc) is 3.13. The summed E-state index contributed by atoms with van der Waals surface area (Å²) in [5.41, 5.74) is 1.14. The molecular weight excluding hydrogens is 437 g/mol. The van der Waals surface area contributed by atoms with Gasteiger partial charge >= 0.3 is 0 Å². The highest BCUT2D eigenvalue weighted by molar-refractivity contribution is 6.35. The Bertz CT molecular complexity index is 1110. The minimum absolute atomic E-state index is 0.0467. The molecule has 1 saturated carbocycles. The van der Waals surface area contributed by atoms with Gasteiger partial charge in [0, 0.05) is 41.7 Å². The Labute approximate surface area is 190 Å². The number of carbonyl (C=O) groups excluding carboxylic acids is 1. The highest BCUT2D eigenvalue weighted by Crippen LogP contribution is 2.40. The van der Waals surface area contributed by atoms with Crippen molar-refractivity contribution in [2.24, 2.45) is 5.92 Å². The Morgan fingerprint density at radius 3 is 2.84 bits per heavy atom. The lowest BCUT2D eigenvalue weighted by Gasteiger charge is -2.16. The van der Waals surface area contributed by atoms with Gasteiger partial charge in [0.1, 0.15) is 17.3 Å². The number of furan rings is 1. The van der Waals surface area contributed by atoms with Crippen molar-refractivity contribution < 1.29 is 13.7 Å². The minimum atomic E-state index is -0.176.